The highest BCUT2D eigenvalue weighted by atomic mass is 35.5. The number of hydrogen-bond acceptors (Lipinski definition) is 2. The van der Waals surface area contributed by atoms with Crippen molar-refractivity contribution < 1.29 is 18.7 Å². The molecule has 2 rings (SSSR count). The van der Waals surface area contributed by atoms with Crippen LogP contribution < -0.4 is 5.73 Å². The van der Waals surface area contributed by atoms with E-state index in [-0.39, 0.29) is 31.3 Å². The van der Waals surface area contributed by atoms with Gasteiger partial charge in [0.2, 0.25) is 0 Å². The molecule has 0 radical (unpaired) electrons. The lowest BCUT2D eigenvalue weighted by atomic mass is 10.0. The first-order valence-corrected chi connectivity index (χ1v) is 3.79. The molecule has 2 fully saturated rings. The van der Waals surface area contributed by atoms with Crippen molar-refractivity contribution >= 4 is 18.4 Å². The second kappa shape index (κ2) is 2.54. The standard InChI is InChI=1S/C7H9F2NO2.ClH/c8-7(9)4-1-3(10)2-6(4,7)5(11)12;/h3-4H,1-2,10H2,(H,11,12);1H/t3-,4?,6+;/m1./s1. The maximum absolute atomic E-state index is 12.9. The Kier molecular flexibility index (Phi) is 2.08. The molecule has 3 N–H and O–H groups in total. The monoisotopic (exact) mass is 213 g/mol. The Hall–Kier alpha value is -0.420. The van der Waals surface area contributed by atoms with Gasteiger partial charge >= 0.3 is 5.97 Å². The molecule has 6 heteroatoms. The second-order valence-electron chi connectivity index (χ2n) is 3.65. The second-order valence-corrected chi connectivity index (χ2v) is 3.65. The summed E-state index contributed by atoms with van der Waals surface area (Å²) in [5.41, 5.74) is 3.59. The van der Waals surface area contributed by atoms with Crippen LogP contribution in [0.4, 0.5) is 8.78 Å². The first-order chi connectivity index (χ1) is 5.43. The molecule has 2 aliphatic carbocycles. The first-order valence-electron chi connectivity index (χ1n) is 3.79. The Morgan fingerprint density at radius 2 is 2.08 bits per heavy atom. The predicted octanol–water partition coefficient (Wildman–Crippen LogP) is 0.865. The summed E-state index contributed by atoms with van der Waals surface area (Å²) >= 11 is 0. The lowest BCUT2D eigenvalue weighted by Gasteiger charge is -2.12. The normalized spacial score (nSPS) is 44.8. The van der Waals surface area contributed by atoms with Crippen LogP contribution in [0, 0.1) is 11.3 Å². The lowest BCUT2D eigenvalue weighted by molar-refractivity contribution is -0.147. The molecule has 0 aliphatic heterocycles. The lowest BCUT2D eigenvalue weighted by Crippen LogP contribution is -2.29. The van der Waals surface area contributed by atoms with Crippen LogP contribution in [0.25, 0.3) is 0 Å². The fourth-order valence-corrected chi connectivity index (χ4v) is 2.34. The summed E-state index contributed by atoms with van der Waals surface area (Å²) in [7, 11) is 0. The number of rotatable bonds is 1. The van der Waals surface area contributed by atoms with Crippen LogP contribution >= 0.6 is 12.4 Å². The number of carboxylic acids is 1. The summed E-state index contributed by atoms with van der Waals surface area (Å²) in [6.45, 7) is 0. The molecule has 0 aromatic heterocycles. The van der Waals surface area contributed by atoms with Gasteiger partial charge in [-0.05, 0) is 12.8 Å². The SMILES string of the molecule is Cl.N[C@@H]1CC2C(F)(F)[C@@]2(C(=O)O)C1. The van der Waals surface area contributed by atoms with Gasteiger partial charge in [-0.2, -0.15) is 0 Å². The van der Waals surface area contributed by atoms with Crippen LogP contribution in [0.15, 0.2) is 0 Å². The van der Waals surface area contributed by atoms with Gasteiger partial charge in [-0.25, -0.2) is 8.78 Å². The van der Waals surface area contributed by atoms with Gasteiger partial charge in [0, 0.05) is 12.0 Å². The Morgan fingerprint density at radius 3 is 2.38 bits per heavy atom. The first kappa shape index (κ1) is 10.7. The van der Waals surface area contributed by atoms with Crippen molar-refractivity contribution in [2.75, 3.05) is 0 Å². The van der Waals surface area contributed by atoms with Gasteiger partial charge in [0.1, 0.15) is 5.41 Å². The van der Waals surface area contributed by atoms with Crippen molar-refractivity contribution in [2.45, 2.75) is 24.8 Å². The van der Waals surface area contributed by atoms with E-state index in [0.29, 0.717) is 0 Å². The summed E-state index contributed by atoms with van der Waals surface area (Å²) in [5, 5.41) is 8.63. The van der Waals surface area contributed by atoms with Crippen molar-refractivity contribution in [3.05, 3.63) is 0 Å². The Bertz CT molecular complexity index is 261. The van der Waals surface area contributed by atoms with E-state index < -0.39 is 23.2 Å². The summed E-state index contributed by atoms with van der Waals surface area (Å²) in [6.07, 6.45) is 0.0549. The molecule has 76 valence electrons. The van der Waals surface area contributed by atoms with E-state index >= 15 is 0 Å². The summed E-state index contributed by atoms with van der Waals surface area (Å²) < 4.78 is 25.8. The van der Waals surface area contributed by atoms with E-state index in [1.165, 1.54) is 0 Å². The van der Waals surface area contributed by atoms with Crippen LogP contribution in [0.5, 0.6) is 0 Å². The molecule has 0 heterocycles. The number of hydrogen-bond donors (Lipinski definition) is 2. The number of alkyl halides is 2. The van der Waals surface area contributed by atoms with E-state index in [1.807, 2.05) is 0 Å². The van der Waals surface area contributed by atoms with Gasteiger partial charge in [-0.15, -0.1) is 12.4 Å². The van der Waals surface area contributed by atoms with Gasteiger partial charge < -0.3 is 10.8 Å². The molecule has 0 aromatic rings. The topological polar surface area (TPSA) is 63.3 Å². The summed E-state index contributed by atoms with van der Waals surface area (Å²) in [5.74, 6) is -5.43. The fourth-order valence-electron chi connectivity index (χ4n) is 2.34. The van der Waals surface area contributed by atoms with Crippen LogP contribution in [0.1, 0.15) is 12.8 Å². The molecular formula is C7H10ClF2NO2. The molecule has 13 heavy (non-hydrogen) atoms. The largest absolute Gasteiger partial charge is 0.481 e. The van der Waals surface area contributed by atoms with Crippen LogP contribution in [-0.4, -0.2) is 23.0 Å². The van der Waals surface area contributed by atoms with Gasteiger partial charge in [0.05, 0.1) is 0 Å². The Labute approximate surface area is 79.7 Å². The molecule has 0 aromatic carbocycles. The van der Waals surface area contributed by atoms with Gasteiger partial charge in [0.25, 0.3) is 5.92 Å². The van der Waals surface area contributed by atoms with Crippen molar-refractivity contribution in [2.24, 2.45) is 17.1 Å². The molecular weight excluding hydrogens is 204 g/mol. The third kappa shape index (κ3) is 0.942. The van der Waals surface area contributed by atoms with E-state index in [0.717, 1.165) is 0 Å². The predicted molar refractivity (Wildman–Crippen MR) is 43.0 cm³/mol. The third-order valence-corrected chi connectivity index (χ3v) is 3.05. The highest BCUT2D eigenvalue weighted by Gasteiger charge is 2.87. The zero-order chi connectivity index (χ0) is 9.15. The number of nitrogens with two attached hydrogens (primary N) is 1. The van der Waals surface area contributed by atoms with Gasteiger partial charge in [0.15, 0.2) is 0 Å². The molecule has 0 bridgehead atoms. The van der Waals surface area contributed by atoms with Crippen molar-refractivity contribution in [3.63, 3.8) is 0 Å². The number of fused-ring (bicyclic) bond motifs is 1. The zero-order valence-electron chi connectivity index (χ0n) is 6.67. The maximum Gasteiger partial charge on any atom is 0.316 e. The highest BCUT2D eigenvalue weighted by molar-refractivity contribution is 5.85. The molecule has 0 saturated heterocycles. The van der Waals surface area contributed by atoms with Crippen LogP contribution in [0.3, 0.4) is 0 Å². The van der Waals surface area contributed by atoms with E-state index in [9.17, 15) is 13.6 Å². The maximum atomic E-state index is 12.9. The minimum atomic E-state index is -3.02. The summed E-state index contributed by atoms with van der Waals surface area (Å²) in [6, 6.07) is -0.370. The average Bonchev–Trinajstić information content (AvgIpc) is 2.34. The molecule has 3 nitrogen and oxygen atoms in total. The Morgan fingerprint density at radius 1 is 1.54 bits per heavy atom. The number of aliphatic carboxylic acids is 1. The Balaban J connectivity index is 0.000000845. The van der Waals surface area contributed by atoms with Crippen molar-refractivity contribution in [1.29, 1.82) is 0 Å². The molecule has 3 atom stereocenters. The number of carbonyl (C=O) groups is 1. The minimum Gasteiger partial charge on any atom is -0.481 e. The molecule has 1 unspecified atom stereocenters. The van der Waals surface area contributed by atoms with E-state index in [1.54, 1.807) is 0 Å². The quantitative estimate of drug-likeness (QED) is 0.679. The zero-order valence-corrected chi connectivity index (χ0v) is 7.48. The molecule has 2 saturated carbocycles. The number of carboxylic acid groups (broad SMARTS) is 1. The van der Waals surface area contributed by atoms with Gasteiger partial charge in [-0.3, -0.25) is 4.79 Å². The van der Waals surface area contributed by atoms with Crippen molar-refractivity contribution in [3.8, 4) is 0 Å². The third-order valence-electron chi connectivity index (χ3n) is 3.05. The molecule has 0 spiro atoms. The average molecular weight is 214 g/mol. The fraction of sp³-hybridized carbons (Fsp3) is 0.857. The minimum absolute atomic E-state index is 0. The van der Waals surface area contributed by atoms with Gasteiger partial charge in [-0.1, -0.05) is 0 Å². The summed E-state index contributed by atoms with van der Waals surface area (Å²) in [4.78, 5) is 10.6. The van der Waals surface area contributed by atoms with E-state index in [2.05, 4.69) is 0 Å². The van der Waals surface area contributed by atoms with Crippen LogP contribution in [-0.2, 0) is 4.79 Å². The smallest absolute Gasteiger partial charge is 0.316 e. The van der Waals surface area contributed by atoms with Crippen LogP contribution in [0.2, 0.25) is 0 Å². The van der Waals surface area contributed by atoms with Crippen molar-refractivity contribution in [1.82, 2.24) is 0 Å². The number of halogens is 3. The highest BCUT2D eigenvalue weighted by Crippen LogP contribution is 2.73. The molecule has 2 aliphatic rings. The molecule has 0 amide bonds. The van der Waals surface area contributed by atoms with E-state index in [4.69, 9.17) is 10.8 Å².